The summed E-state index contributed by atoms with van der Waals surface area (Å²) in [7, 11) is 0. The van der Waals surface area contributed by atoms with Crippen LogP contribution in [0, 0.1) is 11.3 Å². The average molecular weight is 156 g/mol. The van der Waals surface area contributed by atoms with Gasteiger partial charge < -0.3 is 9.84 Å². The fourth-order valence-electron chi connectivity index (χ4n) is 1.78. The van der Waals surface area contributed by atoms with Crippen LogP contribution in [0.2, 0.25) is 0 Å². The Morgan fingerprint density at radius 3 is 2.64 bits per heavy atom. The Bertz CT molecular complexity index is 247. The Balaban J connectivity index is 2.33. The van der Waals surface area contributed by atoms with E-state index in [-0.39, 0.29) is 12.0 Å². The van der Waals surface area contributed by atoms with E-state index in [4.69, 9.17) is 9.84 Å². The number of carbonyl (C=O) groups excluding carboxylic acids is 1. The van der Waals surface area contributed by atoms with Crippen LogP contribution in [0.25, 0.3) is 0 Å². The van der Waals surface area contributed by atoms with E-state index >= 15 is 0 Å². The smallest absolute Gasteiger partial charge is 0.324 e. The fraction of sp³-hybridized carbons (Fsp3) is 0.714. The predicted molar refractivity (Wildman–Crippen MR) is 33.7 cm³/mol. The van der Waals surface area contributed by atoms with Gasteiger partial charge in [-0.2, -0.15) is 0 Å². The van der Waals surface area contributed by atoms with E-state index < -0.39 is 17.4 Å². The van der Waals surface area contributed by atoms with Gasteiger partial charge in [0, 0.05) is 5.92 Å². The molecule has 0 spiro atoms. The highest BCUT2D eigenvalue weighted by molar-refractivity contribution is 6.04. The normalized spacial score (nSPS) is 46.5. The van der Waals surface area contributed by atoms with Crippen LogP contribution in [0.5, 0.6) is 0 Å². The van der Waals surface area contributed by atoms with E-state index in [0.717, 1.165) is 0 Å². The third-order valence-electron chi connectivity index (χ3n) is 2.62. The molecule has 11 heavy (non-hydrogen) atoms. The number of ether oxygens (including phenoxy) is 1. The highest BCUT2D eigenvalue weighted by Gasteiger charge is 2.74. The number of aliphatic carboxylic acids is 1. The van der Waals surface area contributed by atoms with Gasteiger partial charge in [0.15, 0.2) is 5.41 Å². The molecule has 1 saturated heterocycles. The van der Waals surface area contributed by atoms with Crippen molar-refractivity contribution in [3.8, 4) is 0 Å². The highest BCUT2D eigenvalue weighted by Crippen LogP contribution is 2.60. The zero-order valence-corrected chi connectivity index (χ0v) is 6.03. The van der Waals surface area contributed by atoms with Gasteiger partial charge in [-0.05, 0) is 13.3 Å². The molecule has 4 nitrogen and oxygen atoms in total. The number of cyclic esters (lactones) is 1. The molecule has 0 bridgehead atoms. The topological polar surface area (TPSA) is 63.6 Å². The van der Waals surface area contributed by atoms with Crippen molar-refractivity contribution in [2.75, 3.05) is 0 Å². The maximum atomic E-state index is 11.0. The van der Waals surface area contributed by atoms with Crippen molar-refractivity contribution in [1.29, 1.82) is 0 Å². The summed E-state index contributed by atoms with van der Waals surface area (Å²) < 4.78 is 4.77. The molecule has 4 heteroatoms. The van der Waals surface area contributed by atoms with Crippen molar-refractivity contribution in [2.45, 2.75) is 19.4 Å². The number of carboxylic acid groups (broad SMARTS) is 1. The zero-order valence-electron chi connectivity index (χ0n) is 6.03. The molecule has 1 heterocycles. The third kappa shape index (κ3) is 0.552. The van der Waals surface area contributed by atoms with E-state index in [1.807, 2.05) is 0 Å². The molecule has 60 valence electrons. The molecule has 1 aliphatic carbocycles. The minimum Gasteiger partial charge on any atom is -0.480 e. The van der Waals surface area contributed by atoms with Crippen LogP contribution in [-0.2, 0) is 14.3 Å². The van der Waals surface area contributed by atoms with E-state index in [9.17, 15) is 9.59 Å². The first-order valence-corrected chi connectivity index (χ1v) is 3.53. The molecule has 1 N–H and O–H groups in total. The molecule has 2 fully saturated rings. The molecule has 0 aromatic rings. The van der Waals surface area contributed by atoms with Crippen LogP contribution in [-0.4, -0.2) is 23.1 Å². The third-order valence-corrected chi connectivity index (χ3v) is 2.62. The predicted octanol–water partition coefficient (Wildman–Crippen LogP) is 0.0226. The van der Waals surface area contributed by atoms with Gasteiger partial charge in [0.1, 0.15) is 6.10 Å². The Labute approximate surface area is 63.1 Å². The summed E-state index contributed by atoms with van der Waals surface area (Å²) >= 11 is 0. The SMILES string of the molecule is C[C@@H]1OC(=O)[C@@]2(C(=O)O)C[C@@H]12. The lowest BCUT2D eigenvalue weighted by atomic mass is 10.1. The number of fused-ring (bicyclic) bond motifs is 1. The first kappa shape index (κ1) is 6.64. The molecule has 0 aromatic heterocycles. The van der Waals surface area contributed by atoms with E-state index in [0.29, 0.717) is 6.42 Å². The second-order valence-corrected chi connectivity index (χ2v) is 3.20. The van der Waals surface area contributed by atoms with Crippen LogP contribution in [0.4, 0.5) is 0 Å². The minimum atomic E-state index is -1.15. The largest absolute Gasteiger partial charge is 0.480 e. The molecule has 0 radical (unpaired) electrons. The van der Waals surface area contributed by atoms with Gasteiger partial charge in [0.05, 0.1) is 0 Å². The van der Waals surface area contributed by atoms with Crippen LogP contribution >= 0.6 is 0 Å². The summed E-state index contributed by atoms with van der Waals surface area (Å²) in [5, 5.41) is 8.70. The van der Waals surface area contributed by atoms with Crippen molar-refractivity contribution in [3.05, 3.63) is 0 Å². The Kier molecular flexibility index (Phi) is 0.948. The van der Waals surface area contributed by atoms with Gasteiger partial charge in [0.2, 0.25) is 0 Å². The molecule has 2 rings (SSSR count). The lowest BCUT2D eigenvalue weighted by Crippen LogP contribution is -2.24. The van der Waals surface area contributed by atoms with Crippen LogP contribution in [0.15, 0.2) is 0 Å². The first-order chi connectivity index (χ1) is 5.09. The number of hydrogen-bond donors (Lipinski definition) is 1. The second-order valence-electron chi connectivity index (χ2n) is 3.20. The molecule has 1 aliphatic heterocycles. The second kappa shape index (κ2) is 1.57. The summed E-state index contributed by atoms with van der Waals surface area (Å²) in [6.45, 7) is 1.74. The minimum absolute atomic E-state index is 0.0764. The lowest BCUT2D eigenvalue weighted by molar-refractivity contribution is -0.157. The van der Waals surface area contributed by atoms with E-state index in [2.05, 4.69) is 0 Å². The standard InChI is InChI=1S/C7H8O4/c1-3-4-2-7(4,5(8)9)6(10)11-3/h3-4H,2H2,1H3,(H,8,9)/t3-,4-,7-/m0/s1. The molecule has 1 saturated carbocycles. The van der Waals surface area contributed by atoms with Crippen LogP contribution in [0.3, 0.4) is 0 Å². The summed E-state index contributed by atoms with van der Waals surface area (Å²) in [6, 6.07) is 0. The zero-order chi connectivity index (χ0) is 8.22. The monoisotopic (exact) mass is 156 g/mol. The summed E-state index contributed by atoms with van der Waals surface area (Å²) in [5.41, 5.74) is -1.15. The van der Waals surface area contributed by atoms with Crippen molar-refractivity contribution in [1.82, 2.24) is 0 Å². The molecule has 3 atom stereocenters. The van der Waals surface area contributed by atoms with Crippen molar-refractivity contribution < 1.29 is 19.4 Å². The van der Waals surface area contributed by atoms with E-state index in [1.165, 1.54) is 0 Å². The van der Waals surface area contributed by atoms with Gasteiger partial charge in [-0.1, -0.05) is 0 Å². The maximum absolute atomic E-state index is 11.0. The fourth-order valence-corrected chi connectivity index (χ4v) is 1.78. The first-order valence-electron chi connectivity index (χ1n) is 3.53. The highest BCUT2D eigenvalue weighted by atomic mass is 16.6. The lowest BCUT2D eigenvalue weighted by Gasteiger charge is -2.03. The summed E-state index contributed by atoms with van der Waals surface area (Å²) in [6.07, 6.45) is 0.251. The van der Waals surface area contributed by atoms with Gasteiger partial charge in [-0.25, -0.2) is 0 Å². The number of rotatable bonds is 1. The van der Waals surface area contributed by atoms with Crippen LogP contribution in [0.1, 0.15) is 13.3 Å². The van der Waals surface area contributed by atoms with Crippen molar-refractivity contribution in [3.63, 3.8) is 0 Å². The maximum Gasteiger partial charge on any atom is 0.324 e. The summed E-state index contributed by atoms with van der Waals surface area (Å²) in [5.74, 6) is -1.66. The van der Waals surface area contributed by atoms with Gasteiger partial charge in [-0.3, -0.25) is 9.59 Å². The Hall–Kier alpha value is -1.06. The molecule has 0 aromatic carbocycles. The molecule has 2 aliphatic rings. The summed E-state index contributed by atoms with van der Waals surface area (Å²) in [4.78, 5) is 21.6. The quantitative estimate of drug-likeness (QED) is 0.429. The molecular weight excluding hydrogens is 148 g/mol. The number of carbonyl (C=O) groups is 2. The van der Waals surface area contributed by atoms with Crippen LogP contribution < -0.4 is 0 Å². The van der Waals surface area contributed by atoms with Gasteiger partial charge in [0.25, 0.3) is 0 Å². The molecular formula is C7H8O4. The van der Waals surface area contributed by atoms with Crippen molar-refractivity contribution in [2.24, 2.45) is 11.3 Å². The Morgan fingerprint density at radius 1 is 1.82 bits per heavy atom. The number of carboxylic acids is 1. The van der Waals surface area contributed by atoms with Gasteiger partial charge >= 0.3 is 11.9 Å². The van der Waals surface area contributed by atoms with E-state index in [1.54, 1.807) is 6.92 Å². The number of esters is 1. The Morgan fingerprint density at radius 2 is 2.45 bits per heavy atom. The number of hydrogen-bond acceptors (Lipinski definition) is 3. The molecule has 0 amide bonds. The van der Waals surface area contributed by atoms with Gasteiger partial charge in [-0.15, -0.1) is 0 Å². The molecule has 0 unspecified atom stereocenters. The van der Waals surface area contributed by atoms with Crippen molar-refractivity contribution >= 4 is 11.9 Å². The average Bonchev–Trinajstić information content (AvgIpc) is 2.56.